The second-order valence-corrected chi connectivity index (χ2v) is 4.58. The van der Waals surface area contributed by atoms with Gasteiger partial charge in [0.2, 0.25) is 10.3 Å². The van der Waals surface area contributed by atoms with Gasteiger partial charge in [-0.25, -0.2) is 9.97 Å². The van der Waals surface area contributed by atoms with E-state index in [2.05, 4.69) is 9.97 Å². The van der Waals surface area contributed by atoms with Crippen molar-refractivity contribution in [3.8, 4) is 5.75 Å². The Balaban J connectivity index is 2.19. The molecule has 0 N–H and O–H groups in total. The van der Waals surface area contributed by atoms with Crippen molar-refractivity contribution in [2.24, 2.45) is 0 Å². The molecule has 1 aromatic carbocycles. The molecule has 92 valence electrons. The van der Waals surface area contributed by atoms with Crippen LogP contribution in [0, 0.1) is 13.8 Å². The highest BCUT2D eigenvalue weighted by molar-refractivity contribution is 7.80. The molecular formula is C13H11ClN2OS. The van der Waals surface area contributed by atoms with Gasteiger partial charge in [-0.2, -0.15) is 0 Å². The van der Waals surface area contributed by atoms with Crippen LogP contribution in [0.4, 0.5) is 0 Å². The summed E-state index contributed by atoms with van der Waals surface area (Å²) in [7, 11) is 0. The van der Waals surface area contributed by atoms with Crippen LogP contribution in [0.2, 0.25) is 5.28 Å². The molecule has 0 aliphatic heterocycles. The molecule has 0 spiro atoms. The SMILES string of the molecule is Cc1ccc(OC(=S)c2cc(C)nc(Cl)n2)cc1. The van der Waals surface area contributed by atoms with Crippen molar-refractivity contribution in [3.05, 3.63) is 52.6 Å². The third-order valence-corrected chi connectivity index (χ3v) is 2.73. The maximum Gasteiger partial charge on any atom is 0.223 e. The van der Waals surface area contributed by atoms with E-state index in [9.17, 15) is 0 Å². The van der Waals surface area contributed by atoms with Crippen LogP contribution in [0.1, 0.15) is 17.0 Å². The van der Waals surface area contributed by atoms with E-state index in [1.54, 1.807) is 6.07 Å². The molecule has 5 heteroatoms. The van der Waals surface area contributed by atoms with Crippen LogP contribution in [0.3, 0.4) is 0 Å². The molecule has 3 nitrogen and oxygen atoms in total. The van der Waals surface area contributed by atoms with Crippen molar-refractivity contribution in [3.63, 3.8) is 0 Å². The molecule has 1 aromatic heterocycles. The minimum absolute atomic E-state index is 0.167. The standard InChI is InChI=1S/C13H11ClN2OS/c1-8-3-5-10(6-4-8)17-12(18)11-7-9(2)15-13(14)16-11/h3-7H,1-2H3. The fraction of sp³-hybridized carbons (Fsp3) is 0.154. The van der Waals surface area contributed by atoms with E-state index in [0.717, 1.165) is 11.3 Å². The third-order valence-electron chi connectivity index (χ3n) is 2.27. The zero-order chi connectivity index (χ0) is 13.1. The number of hydrogen-bond donors (Lipinski definition) is 0. The minimum Gasteiger partial charge on any atom is -0.444 e. The maximum atomic E-state index is 5.78. The summed E-state index contributed by atoms with van der Waals surface area (Å²) < 4.78 is 5.55. The Bertz CT molecular complexity index is 564. The first-order chi connectivity index (χ1) is 8.54. The Morgan fingerprint density at radius 2 is 1.83 bits per heavy atom. The summed E-state index contributed by atoms with van der Waals surface area (Å²) in [6.07, 6.45) is 0. The van der Waals surface area contributed by atoms with Gasteiger partial charge in [0.25, 0.3) is 0 Å². The van der Waals surface area contributed by atoms with Crippen LogP contribution in [-0.4, -0.2) is 15.0 Å². The Labute approximate surface area is 116 Å². The highest BCUT2D eigenvalue weighted by atomic mass is 35.5. The fourth-order valence-corrected chi connectivity index (χ4v) is 1.83. The molecule has 0 atom stereocenters. The van der Waals surface area contributed by atoms with Crippen molar-refractivity contribution in [1.29, 1.82) is 0 Å². The number of nitrogens with zero attached hydrogens (tertiary/aromatic N) is 2. The Morgan fingerprint density at radius 3 is 2.44 bits per heavy atom. The predicted octanol–water partition coefficient (Wildman–Crippen LogP) is 3.50. The Kier molecular flexibility index (Phi) is 3.89. The van der Waals surface area contributed by atoms with Gasteiger partial charge in [0.1, 0.15) is 11.4 Å². The highest BCUT2D eigenvalue weighted by Gasteiger charge is 2.08. The van der Waals surface area contributed by atoms with Gasteiger partial charge in [0.15, 0.2) is 0 Å². The van der Waals surface area contributed by atoms with E-state index < -0.39 is 0 Å². The number of aromatic nitrogens is 2. The molecule has 0 amide bonds. The predicted molar refractivity (Wildman–Crippen MR) is 75.3 cm³/mol. The fourth-order valence-electron chi connectivity index (χ4n) is 1.40. The smallest absolute Gasteiger partial charge is 0.223 e. The molecule has 0 bridgehead atoms. The summed E-state index contributed by atoms with van der Waals surface area (Å²) >= 11 is 11.0. The number of hydrogen-bond acceptors (Lipinski definition) is 4. The van der Waals surface area contributed by atoms with Crippen molar-refractivity contribution in [2.45, 2.75) is 13.8 Å². The number of rotatable bonds is 2. The normalized spacial score (nSPS) is 10.2. The van der Waals surface area contributed by atoms with Gasteiger partial charge in [0.05, 0.1) is 0 Å². The van der Waals surface area contributed by atoms with Crippen LogP contribution in [0.5, 0.6) is 5.75 Å². The van der Waals surface area contributed by atoms with Crippen LogP contribution < -0.4 is 4.74 Å². The molecule has 0 aliphatic rings. The molecule has 18 heavy (non-hydrogen) atoms. The lowest BCUT2D eigenvalue weighted by Crippen LogP contribution is -2.10. The Hall–Kier alpha value is -1.52. The van der Waals surface area contributed by atoms with E-state index in [-0.39, 0.29) is 10.3 Å². The number of benzene rings is 1. The van der Waals surface area contributed by atoms with E-state index in [0.29, 0.717) is 11.4 Å². The average Bonchev–Trinajstić information content (AvgIpc) is 2.31. The zero-order valence-electron chi connectivity index (χ0n) is 9.98. The van der Waals surface area contributed by atoms with Gasteiger partial charge in [0, 0.05) is 5.69 Å². The maximum absolute atomic E-state index is 5.78. The van der Waals surface area contributed by atoms with Gasteiger partial charge in [-0.1, -0.05) is 17.7 Å². The van der Waals surface area contributed by atoms with Gasteiger partial charge in [-0.3, -0.25) is 0 Å². The molecule has 0 radical (unpaired) electrons. The van der Waals surface area contributed by atoms with Gasteiger partial charge < -0.3 is 4.74 Å². The first kappa shape index (κ1) is 12.9. The second-order valence-electron chi connectivity index (χ2n) is 3.87. The van der Waals surface area contributed by atoms with E-state index in [1.165, 1.54) is 0 Å². The lowest BCUT2D eigenvalue weighted by atomic mass is 10.2. The second kappa shape index (κ2) is 5.42. The van der Waals surface area contributed by atoms with Gasteiger partial charge in [-0.05, 0) is 55.9 Å². The van der Waals surface area contributed by atoms with E-state index >= 15 is 0 Å². The third kappa shape index (κ3) is 3.24. The van der Waals surface area contributed by atoms with Crippen molar-refractivity contribution in [2.75, 3.05) is 0 Å². The van der Waals surface area contributed by atoms with E-state index in [4.69, 9.17) is 28.6 Å². The van der Waals surface area contributed by atoms with Crippen molar-refractivity contribution >= 4 is 28.9 Å². The lowest BCUT2D eigenvalue weighted by molar-refractivity contribution is 0.564. The first-order valence-corrected chi connectivity index (χ1v) is 6.13. The molecular weight excluding hydrogens is 268 g/mol. The van der Waals surface area contributed by atoms with Crippen LogP contribution in [0.25, 0.3) is 0 Å². The summed E-state index contributed by atoms with van der Waals surface area (Å²) in [5.74, 6) is 0.679. The molecule has 2 aromatic rings. The summed E-state index contributed by atoms with van der Waals surface area (Å²) in [6, 6.07) is 9.36. The largest absolute Gasteiger partial charge is 0.444 e. The molecule has 2 rings (SSSR count). The molecule has 0 saturated heterocycles. The topological polar surface area (TPSA) is 35.0 Å². The summed E-state index contributed by atoms with van der Waals surface area (Å²) in [6.45, 7) is 3.83. The van der Waals surface area contributed by atoms with Crippen molar-refractivity contribution in [1.82, 2.24) is 9.97 Å². The van der Waals surface area contributed by atoms with Crippen molar-refractivity contribution < 1.29 is 4.74 Å². The number of ether oxygens (including phenoxy) is 1. The first-order valence-electron chi connectivity index (χ1n) is 5.34. The monoisotopic (exact) mass is 278 g/mol. The van der Waals surface area contributed by atoms with Crippen LogP contribution in [-0.2, 0) is 0 Å². The summed E-state index contributed by atoms with van der Waals surface area (Å²) in [4.78, 5) is 8.01. The zero-order valence-corrected chi connectivity index (χ0v) is 11.5. The number of thiocarbonyl (C=S) groups is 1. The molecule has 0 fully saturated rings. The van der Waals surface area contributed by atoms with Gasteiger partial charge in [-0.15, -0.1) is 0 Å². The molecule has 0 aliphatic carbocycles. The quantitative estimate of drug-likeness (QED) is 0.622. The van der Waals surface area contributed by atoms with Crippen LogP contribution in [0.15, 0.2) is 30.3 Å². The molecule has 1 heterocycles. The summed E-state index contributed by atoms with van der Waals surface area (Å²) in [5, 5.41) is 0.450. The average molecular weight is 279 g/mol. The van der Waals surface area contributed by atoms with Gasteiger partial charge >= 0.3 is 0 Å². The summed E-state index contributed by atoms with van der Waals surface area (Å²) in [5.41, 5.74) is 2.43. The number of aryl methyl sites for hydroxylation is 2. The molecule has 0 unspecified atom stereocenters. The highest BCUT2D eigenvalue weighted by Crippen LogP contribution is 2.14. The van der Waals surface area contributed by atoms with Crippen LogP contribution >= 0.6 is 23.8 Å². The Morgan fingerprint density at radius 1 is 1.17 bits per heavy atom. The molecule has 0 saturated carbocycles. The minimum atomic E-state index is 0.167. The van der Waals surface area contributed by atoms with E-state index in [1.807, 2.05) is 38.1 Å². The lowest BCUT2D eigenvalue weighted by Gasteiger charge is -2.07. The number of halogens is 1.